The number of hydrogen-bond donors (Lipinski definition) is 1. The Kier molecular flexibility index (Phi) is 2.87. The van der Waals surface area contributed by atoms with E-state index >= 15 is 0 Å². The summed E-state index contributed by atoms with van der Waals surface area (Å²) in [5.74, 6) is 0.458. The molecule has 108 valence electrons. The first-order chi connectivity index (χ1) is 10.7. The van der Waals surface area contributed by atoms with E-state index in [4.69, 9.17) is 5.73 Å². The summed E-state index contributed by atoms with van der Waals surface area (Å²) < 4.78 is 1.85. The monoisotopic (exact) mass is 308 g/mol. The lowest BCUT2D eigenvalue weighted by molar-refractivity contribution is 0.937. The molecule has 1 aromatic carbocycles. The van der Waals surface area contributed by atoms with Crippen LogP contribution in [0.5, 0.6) is 0 Å². The molecule has 0 saturated heterocycles. The van der Waals surface area contributed by atoms with Gasteiger partial charge < -0.3 is 10.3 Å². The highest BCUT2D eigenvalue weighted by Crippen LogP contribution is 2.36. The Morgan fingerprint density at radius 1 is 1.14 bits per heavy atom. The number of fused-ring (bicyclic) bond motifs is 1. The minimum Gasteiger partial charge on any atom is -0.369 e. The maximum absolute atomic E-state index is 6.01. The summed E-state index contributed by atoms with van der Waals surface area (Å²) in [7, 11) is 1.89. The molecule has 7 heteroatoms. The van der Waals surface area contributed by atoms with Crippen molar-refractivity contribution in [3.63, 3.8) is 0 Å². The number of benzene rings is 1. The van der Waals surface area contributed by atoms with Gasteiger partial charge in [0, 0.05) is 12.6 Å². The number of imidazole rings is 1. The standard InChI is InChI=1S/C15H12N6S/c1-21-12(14-19-10-7-17-8-18-13(10)22-14)11(20-15(21)16)9-5-3-2-4-6-9/h2-8H,1H3,(H2,16,20). The molecular weight excluding hydrogens is 296 g/mol. The van der Waals surface area contributed by atoms with Crippen LogP contribution in [-0.4, -0.2) is 24.5 Å². The number of nitrogen functional groups attached to an aromatic ring is 1. The highest BCUT2D eigenvalue weighted by atomic mass is 32.1. The van der Waals surface area contributed by atoms with Gasteiger partial charge in [-0.1, -0.05) is 41.7 Å². The molecule has 0 saturated carbocycles. The second kappa shape index (κ2) is 4.88. The van der Waals surface area contributed by atoms with Crippen molar-refractivity contribution < 1.29 is 0 Å². The van der Waals surface area contributed by atoms with Gasteiger partial charge in [-0.15, -0.1) is 0 Å². The number of anilines is 1. The van der Waals surface area contributed by atoms with Crippen molar-refractivity contribution in [1.82, 2.24) is 24.5 Å². The zero-order valence-electron chi connectivity index (χ0n) is 11.8. The largest absolute Gasteiger partial charge is 0.369 e. The van der Waals surface area contributed by atoms with Crippen molar-refractivity contribution in [3.8, 4) is 22.0 Å². The molecule has 4 aromatic rings. The van der Waals surface area contributed by atoms with Gasteiger partial charge in [0.2, 0.25) is 5.95 Å². The SMILES string of the molecule is Cn1c(N)nc(-c2ccccc2)c1-c1nc2cncnc2s1. The molecule has 0 atom stereocenters. The molecule has 0 bridgehead atoms. The Morgan fingerprint density at radius 2 is 1.95 bits per heavy atom. The maximum atomic E-state index is 6.01. The Bertz CT molecular complexity index is 924. The van der Waals surface area contributed by atoms with Gasteiger partial charge in [0.1, 0.15) is 33.1 Å². The fraction of sp³-hybridized carbons (Fsp3) is 0.0667. The summed E-state index contributed by atoms with van der Waals surface area (Å²) in [6.07, 6.45) is 3.24. The van der Waals surface area contributed by atoms with Gasteiger partial charge in [0.05, 0.1) is 6.20 Å². The third kappa shape index (κ3) is 1.94. The second-order valence-electron chi connectivity index (χ2n) is 4.82. The Hall–Kier alpha value is -2.80. The van der Waals surface area contributed by atoms with E-state index in [1.165, 1.54) is 17.7 Å². The van der Waals surface area contributed by atoms with Crippen molar-refractivity contribution in [2.45, 2.75) is 0 Å². The van der Waals surface area contributed by atoms with Crippen LogP contribution < -0.4 is 5.73 Å². The van der Waals surface area contributed by atoms with E-state index in [9.17, 15) is 0 Å². The van der Waals surface area contributed by atoms with E-state index in [0.29, 0.717) is 5.95 Å². The van der Waals surface area contributed by atoms with Gasteiger partial charge >= 0.3 is 0 Å². The molecule has 0 amide bonds. The summed E-state index contributed by atoms with van der Waals surface area (Å²) in [6, 6.07) is 9.96. The molecule has 3 heterocycles. The summed E-state index contributed by atoms with van der Waals surface area (Å²) in [5, 5.41) is 0.834. The molecule has 0 fully saturated rings. The molecule has 0 aliphatic rings. The quantitative estimate of drug-likeness (QED) is 0.615. The highest BCUT2D eigenvalue weighted by Gasteiger charge is 2.20. The summed E-state index contributed by atoms with van der Waals surface area (Å²) in [4.78, 5) is 18.2. The molecule has 0 unspecified atom stereocenters. The average Bonchev–Trinajstić information content (AvgIpc) is 3.09. The van der Waals surface area contributed by atoms with Crippen molar-refractivity contribution in [1.29, 1.82) is 0 Å². The first-order valence-corrected chi connectivity index (χ1v) is 7.50. The fourth-order valence-corrected chi connectivity index (χ4v) is 3.31. The van der Waals surface area contributed by atoms with E-state index in [-0.39, 0.29) is 0 Å². The van der Waals surface area contributed by atoms with E-state index in [2.05, 4.69) is 19.9 Å². The van der Waals surface area contributed by atoms with Crippen LogP contribution in [0.25, 0.3) is 32.3 Å². The molecule has 0 spiro atoms. The van der Waals surface area contributed by atoms with Gasteiger partial charge in [0.25, 0.3) is 0 Å². The molecule has 6 nitrogen and oxygen atoms in total. The van der Waals surface area contributed by atoms with E-state index < -0.39 is 0 Å². The summed E-state index contributed by atoms with van der Waals surface area (Å²) in [6.45, 7) is 0. The molecule has 3 aromatic heterocycles. The maximum Gasteiger partial charge on any atom is 0.201 e. The normalized spacial score (nSPS) is 11.1. The van der Waals surface area contributed by atoms with E-state index in [1.54, 1.807) is 6.20 Å². The Morgan fingerprint density at radius 3 is 2.73 bits per heavy atom. The van der Waals surface area contributed by atoms with Crippen LogP contribution in [0.4, 0.5) is 5.95 Å². The third-order valence-corrected chi connectivity index (χ3v) is 4.44. The van der Waals surface area contributed by atoms with Crippen molar-refractivity contribution in [3.05, 3.63) is 42.9 Å². The smallest absolute Gasteiger partial charge is 0.201 e. The summed E-state index contributed by atoms with van der Waals surface area (Å²) in [5.41, 5.74) is 9.52. The second-order valence-corrected chi connectivity index (χ2v) is 5.80. The molecular formula is C15H12N6S. The Labute approximate surface area is 130 Å². The minimum absolute atomic E-state index is 0.458. The van der Waals surface area contributed by atoms with E-state index in [0.717, 1.165) is 32.3 Å². The first-order valence-electron chi connectivity index (χ1n) is 6.68. The number of hydrogen-bond acceptors (Lipinski definition) is 6. The molecule has 0 aliphatic carbocycles. The molecule has 2 N–H and O–H groups in total. The first kappa shape index (κ1) is 12.9. The predicted molar refractivity (Wildman–Crippen MR) is 87.3 cm³/mol. The highest BCUT2D eigenvalue weighted by molar-refractivity contribution is 7.21. The van der Waals surface area contributed by atoms with Crippen LogP contribution in [0.3, 0.4) is 0 Å². The van der Waals surface area contributed by atoms with Crippen molar-refractivity contribution in [2.75, 3.05) is 5.73 Å². The molecule has 4 rings (SSSR count). The lowest BCUT2D eigenvalue weighted by Crippen LogP contribution is -1.98. The van der Waals surface area contributed by atoms with Crippen LogP contribution >= 0.6 is 11.3 Å². The number of nitrogens with zero attached hydrogens (tertiary/aromatic N) is 5. The van der Waals surface area contributed by atoms with Gasteiger partial charge in [-0.05, 0) is 0 Å². The fourth-order valence-electron chi connectivity index (χ4n) is 2.35. The number of rotatable bonds is 2. The lowest BCUT2D eigenvalue weighted by atomic mass is 10.1. The van der Waals surface area contributed by atoms with Crippen molar-refractivity contribution in [2.24, 2.45) is 7.05 Å². The zero-order valence-corrected chi connectivity index (χ0v) is 12.6. The average molecular weight is 308 g/mol. The number of nitrogens with two attached hydrogens (primary N) is 1. The van der Waals surface area contributed by atoms with Crippen LogP contribution in [-0.2, 0) is 7.05 Å². The minimum atomic E-state index is 0.458. The van der Waals surface area contributed by atoms with Gasteiger partial charge in [-0.25, -0.2) is 19.9 Å². The van der Waals surface area contributed by atoms with Crippen LogP contribution in [0, 0.1) is 0 Å². The molecule has 0 aliphatic heterocycles. The third-order valence-electron chi connectivity index (χ3n) is 3.45. The van der Waals surface area contributed by atoms with Gasteiger partial charge in [-0.2, -0.15) is 0 Å². The predicted octanol–water partition coefficient (Wildman–Crippen LogP) is 2.74. The number of aromatic nitrogens is 5. The topological polar surface area (TPSA) is 82.5 Å². The lowest BCUT2D eigenvalue weighted by Gasteiger charge is -2.03. The van der Waals surface area contributed by atoms with Crippen molar-refractivity contribution >= 4 is 27.6 Å². The van der Waals surface area contributed by atoms with Crippen LogP contribution in [0.15, 0.2) is 42.9 Å². The Balaban J connectivity index is 1.98. The zero-order chi connectivity index (χ0) is 15.1. The summed E-state index contributed by atoms with van der Waals surface area (Å²) >= 11 is 1.51. The van der Waals surface area contributed by atoms with Gasteiger partial charge in [0.15, 0.2) is 0 Å². The number of thiazole rings is 1. The molecule has 22 heavy (non-hydrogen) atoms. The van der Waals surface area contributed by atoms with Gasteiger partial charge in [-0.3, -0.25) is 0 Å². The molecule has 0 radical (unpaired) electrons. The van der Waals surface area contributed by atoms with E-state index in [1.807, 2.05) is 41.9 Å². The van der Waals surface area contributed by atoms with Crippen LogP contribution in [0.1, 0.15) is 0 Å². The van der Waals surface area contributed by atoms with Crippen LogP contribution in [0.2, 0.25) is 0 Å².